The highest BCUT2D eigenvalue weighted by atomic mass is 14.9. The van der Waals surface area contributed by atoms with Gasteiger partial charge in [0.05, 0.1) is 17.2 Å². The van der Waals surface area contributed by atoms with E-state index in [0.29, 0.717) is 24.8 Å². The fourth-order valence-electron chi connectivity index (χ4n) is 3.45. The maximum atomic E-state index is 9.52. The Morgan fingerprint density at radius 3 is 1.68 bits per heavy atom. The molecule has 1 aliphatic rings. The van der Waals surface area contributed by atoms with Gasteiger partial charge in [0, 0.05) is 5.56 Å². The lowest BCUT2D eigenvalue weighted by molar-refractivity contribution is 0.686. The van der Waals surface area contributed by atoms with E-state index in [1.165, 1.54) is 0 Å². The van der Waals surface area contributed by atoms with E-state index < -0.39 is 6.04 Å². The van der Waals surface area contributed by atoms with Crippen molar-refractivity contribution >= 4 is 33.5 Å². The van der Waals surface area contributed by atoms with Crippen LogP contribution < -0.4 is 5.73 Å². The van der Waals surface area contributed by atoms with Crippen LogP contribution >= 0.6 is 0 Å². The number of aliphatic imine (C=N–C) groups is 1. The van der Waals surface area contributed by atoms with Gasteiger partial charge >= 0.3 is 0 Å². The lowest BCUT2D eigenvalue weighted by atomic mass is 9.96. The molecule has 3 aromatic rings. The molecular formula is C20H9N11. The SMILES string of the molecule is N#CC1=Nc2c(c3nc(C#N)c(C#N)nc3c3nc(C#N)c(C#N)nc23)CCCC1N. The number of aryl methyl sites for hydroxylation is 1. The van der Waals surface area contributed by atoms with Crippen molar-refractivity contribution < 1.29 is 0 Å². The van der Waals surface area contributed by atoms with Gasteiger partial charge in [-0.2, -0.15) is 26.3 Å². The van der Waals surface area contributed by atoms with Gasteiger partial charge in [0.2, 0.25) is 0 Å². The van der Waals surface area contributed by atoms with Gasteiger partial charge in [-0.3, -0.25) is 0 Å². The normalized spacial score (nSPS) is 15.2. The fraction of sp³-hybridized carbons (Fsp3) is 0.200. The second kappa shape index (κ2) is 7.43. The molecular weight excluding hydrogens is 394 g/mol. The van der Waals surface area contributed by atoms with E-state index in [9.17, 15) is 26.3 Å². The average molecular weight is 403 g/mol. The topological polar surface area (TPSA) is 209 Å². The second-order valence-electron chi connectivity index (χ2n) is 6.62. The lowest BCUT2D eigenvalue weighted by Gasteiger charge is -2.18. The number of hydrogen-bond acceptors (Lipinski definition) is 11. The minimum absolute atomic E-state index is 0.0772. The van der Waals surface area contributed by atoms with Gasteiger partial charge in [-0.05, 0) is 19.3 Å². The summed E-state index contributed by atoms with van der Waals surface area (Å²) in [5.74, 6) is 0. The maximum Gasteiger partial charge on any atom is 0.177 e. The molecule has 2 aromatic heterocycles. The van der Waals surface area contributed by atoms with Gasteiger partial charge in [-0.1, -0.05) is 0 Å². The summed E-state index contributed by atoms with van der Waals surface area (Å²) in [6.07, 6.45) is 1.53. The third-order valence-corrected chi connectivity index (χ3v) is 4.88. The first-order valence-electron chi connectivity index (χ1n) is 8.99. The van der Waals surface area contributed by atoms with Gasteiger partial charge in [-0.25, -0.2) is 24.9 Å². The maximum absolute atomic E-state index is 9.52. The first kappa shape index (κ1) is 19.3. The van der Waals surface area contributed by atoms with Gasteiger partial charge in [0.25, 0.3) is 0 Å². The number of nitriles is 5. The van der Waals surface area contributed by atoms with Crippen molar-refractivity contribution in [2.75, 3.05) is 0 Å². The molecule has 2 N–H and O–H groups in total. The summed E-state index contributed by atoms with van der Waals surface area (Å²) >= 11 is 0. The zero-order valence-corrected chi connectivity index (χ0v) is 15.7. The van der Waals surface area contributed by atoms with Crippen molar-refractivity contribution in [3.63, 3.8) is 0 Å². The van der Waals surface area contributed by atoms with Crippen LogP contribution in [-0.4, -0.2) is 31.7 Å². The Balaban J connectivity index is 2.31. The largest absolute Gasteiger partial charge is 0.322 e. The third-order valence-electron chi connectivity index (χ3n) is 4.88. The Labute approximate surface area is 175 Å². The molecule has 31 heavy (non-hydrogen) atoms. The molecule has 11 nitrogen and oxygen atoms in total. The van der Waals surface area contributed by atoms with E-state index >= 15 is 0 Å². The van der Waals surface area contributed by atoms with Crippen molar-refractivity contribution in [1.29, 1.82) is 26.3 Å². The zero-order chi connectivity index (χ0) is 22.1. The van der Waals surface area contributed by atoms with Crippen LogP contribution in [0.3, 0.4) is 0 Å². The molecule has 4 rings (SSSR count). The van der Waals surface area contributed by atoms with Crippen LogP contribution in [0, 0.1) is 56.7 Å². The van der Waals surface area contributed by atoms with Crippen molar-refractivity contribution in [3.8, 4) is 30.3 Å². The quantitative estimate of drug-likeness (QED) is 0.532. The first-order chi connectivity index (χ1) is 15.1. The van der Waals surface area contributed by atoms with Crippen LogP contribution in [0.15, 0.2) is 4.99 Å². The Morgan fingerprint density at radius 2 is 1.16 bits per heavy atom. The highest BCUT2D eigenvalue weighted by Crippen LogP contribution is 2.38. The molecule has 0 bridgehead atoms. The van der Waals surface area contributed by atoms with E-state index in [0.717, 1.165) is 0 Å². The van der Waals surface area contributed by atoms with E-state index in [2.05, 4.69) is 24.9 Å². The highest BCUT2D eigenvalue weighted by molar-refractivity contribution is 6.12. The number of fused-ring (bicyclic) bond motifs is 6. The summed E-state index contributed by atoms with van der Waals surface area (Å²) in [5.41, 5.74) is 6.81. The minimum Gasteiger partial charge on any atom is -0.322 e. The van der Waals surface area contributed by atoms with Gasteiger partial charge < -0.3 is 5.73 Å². The molecule has 1 atom stereocenters. The van der Waals surface area contributed by atoms with Crippen LogP contribution in [0.2, 0.25) is 0 Å². The molecule has 0 spiro atoms. The fourth-order valence-corrected chi connectivity index (χ4v) is 3.45. The van der Waals surface area contributed by atoms with Crippen LogP contribution in [-0.2, 0) is 6.42 Å². The molecule has 0 aliphatic carbocycles. The average Bonchev–Trinajstić information content (AvgIpc) is 2.80. The van der Waals surface area contributed by atoms with E-state index in [1.54, 1.807) is 0 Å². The Bertz CT molecular complexity index is 1530. The predicted octanol–water partition coefficient (Wildman–Crippen LogP) is 1.32. The van der Waals surface area contributed by atoms with Gasteiger partial charge in [0.1, 0.15) is 52.6 Å². The molecule has 0 fully saturated rings. The molecule has 11 heteroatoms. The lowest BCUT2D eigenvalue weighted by Crippen LogP contribution is -2.30. The summed E-state index contributed by atoms with van der Waals surface area (Å²) < 4.78 is 0. The molecule has 1 unspecified atom stereocenters. The number of nitrogens with two attached hydrogens (primary N) is 1. The zero-order valence-electron chi connectivity index (χ0n) is 15.7. The van der Waals surface area contributed by atoms with Crippen LogP contribution in [0.25, 0.3) is 22.1 Å². The van der Waals surface area contributed by atoms with Gasteiger partial charge in [-0.15, -0.1) is 0 Å². The Hall–Kier alpha value is -5.02. The van der Waals surface area contributed by atoms with Crippen molar-refractivity contribution in [2.45, 2.75) is 25.3 Å². The van der Waals surface area contributed by atoms with Crippen molar-refractivity contribution in [2.24, 2.45) is 10.7 Å². The standard InChI is InChI=1S/C20H9N11/c21-4-11-10(26)3-1-2-9-16(27-11)18-20(31-15(8-25)14(7-24)30-18)19-17(9)28-12(5-22)13(6-23)29-19/h10H,1-3,26H2. The summed E-state index contributed by atoms with van der Waals surface area (Å²) in [7, 11) is 0. The molecule has 0 saturated carbocycles. The van der Waals surface area contributed by atoms with E-state index in [4.69, 9.17) is 5.73 Å². The summed E-state index contributed by atoms with van der Waals surface area (Å²) in [6, 6.07) is 8.75. The Kier molecular flexibility index (Phi) is 4.62. The monoisotopic (exact) mass is 403 g/mol. The smallest absolute Gasteiger partial charge is 0.177 e. The van der Waals surface area contributed by atoms with E-state index in [-0.39, 0.29) is 56.2 Å². The van der Waals surface area contributed by atoms with Gasteiger partial charge in [0.15, 0.2) is 22.8 Å². The number of aromatic nitrogens is 4. The van der Waals surface area contributed by atoms with Crippen LogP contribution in [0.1, 0.15) is 41.2 Å². The van der Waals surface area contributed by atoms with Crippen molar-refractivity contribution in [1.82, 2.24) is 19.9 Å². The molecule has 1 aromatic carbocycles. The number of rotatable bonds is 0. The highest BCUT2D eigenvalue weighted by Gasteiger charge is 2.25. The molecule has 144 valence electrons. The second-order valence-corrected chi connectivity index (χ2v) is 6.62. The summed E-state index contributed by atoms with van der Waals surface area (Å²) in [4.78, 5) is 21.5. The number of nitrogens with zero attached hydrogens (tertiary/aromatic N) is 10. The summed E-state index contributed by atoms with van der Waals surface area (Å²) in [6.45, 7) is 0. The van der Waals surface area contributed by atoms with E-state index in [1.807, 2.05) is 30.3 Å². The molecule has 1 aliphatic heterocycles. The molecule has 3 heterocycles. The minimum atomic E-state index is -0.576. The van der Waals surface area contributed by atoms with Crippen LogP contribution in [0.4, 0.5) is 5.69 Å². The van der Waals surface area contributed by atoms with Crippen molar-refractivity contribution in [3.05, 3.63) is 28.3 Å². The Morgan fingerprint density at radius 1 is 0.677 bits per heavy atom. The summed E-state index contributed by atoms with van der Waals surface area (Å²) in [5, 5.41) is 47.1. The van der Waals surface area contributed by atoms with Crippen LogP contribution in [0.5, 0.6) is 0 Å². The molecule has 0 saturated heterocycles. The molecule has 0 radical (unpaired) electrons. The number of benzene rings is 1. The molecule has 0 amide bonds. The number of hydrogen-bond donors (Lipinski definition) is 1. The predicted molar refractivity (Wildman–Crippen MR) is 105 cm³/mol. The first-order valence-corrected chi connectivity index (χ1v) is 8.99. The third kappa shape index (κ3) is 2.94.